The lowest BCUT2D eigenvalue weighted by atomic mass is 9.77. The topological polar surface area (TPSA) is 87.1 Å². The Morgan fingerprint density at radius 1 is 1.07 bits per heavy atom. The number of nitrogens with one attached hydrogen (secondary N) is 1. The molecule has 144 valence electrons. The zero-order chi connectivity index (χ0) is 19.1. The largest absolute Gasteiger partial charge is 0.391 e. The number of nitrogens with zero attached hydrogens (tertiary/aromatic N) is 5. The van der Waals surface area contributed by atoms with Crippen LogP contribution in [0.4, 0.5) is 16.0 Å². The number of rotatable bonds is 3. The van der Waals surface area contributed by atoms with Gasteiger partial charge in [-0.3, -0.25) is 4.98 Å². The lowest BCUT2D eigenvalue weighted by molar-refractivity contribution is 0.0737. The van der Waals surface area contributed by atoms with Crippen molar-refractivity contribution in [2.75, 3.05) is 23.3 Å². The first kappa shape index (κ1) is 17.2. The molecule has 0 radical (unpaired) electrons. The minimum Gasteiger partial charge on any atom is -0.391 e. The van der Waals surface area contributed by atoms with Gasteiger partial charge in [0.2, 0.25) is 0 Å². The molecule has 1 aliphatic carbocycles. The molecule has 0 unspecified atom stereocenters. The van der Waals surface area contributed by atoms with Crippen LogP contribution in [0, 0.1) is 17.7 Å². The van der Waals surface area contributed by atoms with Crippen LogP contribution in [0.3, 0.4) is 0 Å². The van der Waals surface area contributed by atoms with Gasteiger partial charge in [0.05, 0.1) is 29.2 Å². The number of hydrogen-bond acceptors (Lipinski definition) is 7. The summed E-state index contributed by atoms with van der Waals surface area (Å²) in [6, 6.07) is 4.84. The highest BCUT2D eigenvalue weighted by Crippen LogP contribution is 2.40. The van der Waals surface area contributed by atoms with E-state index in [-0.39, 0.29) is 11.9 Å². The molecular formula is C20H21FN6O. The lowest BCUT2D eigenvalue weighted by Crippen LogP contribution is -2.43. The Labute approximate surface area is 161 Å². The third-order valence-electron chi connectivity index (χ3n) is 5.93. The zero-order valence-corrected chi connectivity index (χ0v) is 15.2. The molecule has 8 heteroatoms. The van der Waals surface area contributed by atoms with Crippen LogP contribution in [0.1, 0.15) is 12.8 Å². The lowest BCUT2D eigenvalue weighted by Gasteiger charge is -2.35. The number of aliphatic hydroxyl groups is 1. The van der Waals surface area contributed by atoms with Gasteiger partial charge in [-0.05, 0) is 36.8 Å². The molecule has 7 nitrogen and oxygen atoms in total. The number of aliphatic hydroxyl groups excluding tert-OH is 1. The van der Waals surface area contributed by atoms with Gasteiger partial charge < -0.3 is 15.3 Å². The summed E-state index contributed by atoms with van der Waals surface area (Å²) in [6.07, 6.45) is 7.48. The molecule has 1 aromatic carbocycles. The van der Waals surface area contributed by atoms with Crippen LogP contribution in [0.5, 0.6) is 0 Å². The van der Waals surface area contributed by atoms with Crippen LogP contribution in [0.15, 0.2) is 43.1 Å². The van der Waals surface area contributed by atoms with Crippen LogP contribution in [0.2, 0.25) is 0 Å². The Balaban J connectivity index is 1.37. The average Bonchev–Trinajstić information content (AvgIpc) is 3.11. The second kappa shape index (κ2) is 6.94. The average molecular weight is 380 g/mol. The monoisotopic (exact) mass is 380 g/mol. The van der Waals surface area contributed by atoms with Gasteiger partial charge in [0.1, 0.15) is 23.8 Å². The molecule has 2 fully saturated rings. The van der Waals surface area contributed by atoms with Crippen molar-refractivity contribution < 1.29 is 9.50 Å². The van der Waals surface area contributed by atoms with E-state index in [1.807, 2.05) is 0 Å². The van der Waals surface area contributed by atoms with Crippen LogP contribution >= 0.6 is 0 Å². The van der Waals surface area contributed by atoms with Crippen molar-refractivity contribution in [1.29, 1.82) is 0 Å². The summed E-state index contributed by atoms with van der Waals surface area (Å²) in [6.45, 7) is 1.55. The maximum absolute atomic E-state index is 14.5. The molecule has 28 heavy (non-hydrogen) atoms. The molecule has 2 aliphatic rings. The normalized spacial score (nSPS) is 27.0. The molecule has 3 heterocycles. The Morgan fingerprint density at radius 3 is 2.75 bits per heavy atom. The van der Waals surface area contributed by atoms with E-state index in [9.17, 15) is 9.50 Å². The standard InChI is InChI=1S/C20H21FN6O/c21-14-2-1-3-15-19(14)20(25-11-24-15)27-9-12-6-16(17(28)7-13(12)10-27)26-18-8-22-4-5-23-18/h1-5,8,11-13,16-17,28H,6-7,9-10H2,(H,23,26)/t12-,13+,16-,17-/m1/s1. The Bertz CT molecular complexity index is 982. The van der Waals surface area contributed by atoms with Gasteiger partial charge in [-0.25, -0.2) is 19.3 Å². The maximum atomic E-state index is 14.5. The second-order valence-electron chi connectivity index (χ2n) is 7.64. The summed E-state index contributed by atoms with van der Waals surface area (Å²) in [7, 11) is 0. The first-order valence-corrected chi connectivity index (χ1v) is 9.54. The predicted octanol–water partition coefficient (Wildman–Crippen LogP) is 2.25. The Morgan fingerprint density at radius 2 is 1.93 bits per heavy atom. The fourth-order valence-electron chi connectivity index (χ4n) is 4.61. The molecular weight excluding hydrogens is 359 g/mol. The van der Waals surface area contributed by atoms with E-state index < -0.39 is 6.10 Å². The molecule has 2 N–H and O–H groups in total. The molecule has 2 aromatic heterocycles. The summed E-state index contributed by atoms with van der Waals surface area (Å²) in [5, 5.41) is 14.4. The summed E-state index contributed by atoms with van der Waals surface area (Å²) in [4.78, 5) is 19.0. The molecule has 3 aromatic rings. The van der Waals surface area contributed by atoms with Crippen LogP contribution in [-0.4, -0.2) is 50.3 Å². The first-order valence-electron chi connectivity index (χ1n) is 9.54. The molecule has 4 atom stereocenters. The van der Waals surface area contributed by atoms with Crippen molar-refractivity contribution in [2.45, 2.75) is 25.0 Å². The quantitative estimate of drug-likeness (QED) is 0.721. The number of hydrogen-bond donors (Lipinski definition) is 2. The smallest absolute Gasteiger partial charge is 0.144 e. The zero-order valence-electron chi connectivity index (χ0n) is 15.2. The summed E-state index contributed by atoms with van der Waals surface area (Å²) >= 11 is 0. The molecule has 5 rings (SSSR count). The minimum absolute atomic E-state index is 0.0724. The number of anilines is 2. The van der Waals surface area contributed by atoms with E-state index in [4.69, 9.17) is 0 Å². The number of aromatic nitrogens is 4. The van der Waals surface area contributed by atoms with E-state index in [0.29, 0.717) is 40.8 Å². The second-order valence-corrected chi connectivity index (χ2v) is 7.64. The van der Waals surface area contributed by atoms with E-state index in [0.717, 1.165) is 19.5 Å². The highest BCUT2D eigenvalue weighted by molar-refractivity contribution is 5.90. The number of benzene rings is 1. The van der Waals surface area contributed by atoms with Gasteiger partial charge >= 0.3 is 0 Å². The van der Waals surface area contributed by atoms with Crippen molar-refractivity contribution >= 4 is 22.5 Å². The van der Waals surface area contributed by atoms with Crippen LogP contribution in [-0.2, 0) is 0 Å². The summed E-state index contributed by atoms with van der Waals surface area (Å²) in [5.74, 6) is 1.76. The van der Waals surface area contributed by atoms with Gasteiger partial charge in [0.15, 0.2) is 0 Å². The van der Waals surface area contributed by atoms with Gasteiger partial charge in [-0.15, -0.1) is 0 Å². The molecule has 1 aliphatic heterocycles. The fourth-order valence-corrected chi connectivity index (χ4v) is 4.61. The first-order chi connectivity index (χ1) is 13.7. The van der Waals surface area contributed by atoms with Crippen molar-refractivity contribution in [3.8, 4) is 0 Å². The fraction of sp³-hybridized carbons (Fsp3) is 0.400. The molecule has 0 amide bonds. The minimum atomic E-state index is -0.456. The summed E-state index contributed by atoms with van der Waals surface area (Å²) in [5.41, 5.74) is 0.613. The van der Waals surface area contributed by atoms with Gasteiger partial charge in [0.25, 0.3) is 0 Å². The SMILES string of the molecule is O[C@@H]1C[C@H]2CN(c3ncnc4cccc(F)c34)C[C@H]2C[C@H]1Nc1cnccn1. The molecule has 1 saturated carbocycles. The molecule has 0 spiro atoms. The molecule has 1 saturated heterocycles. The van der Waals surface area contributed by atoms with Crippen molar-refractivity contribution in [2.24, 2.45) is 11.8 Å². The van der Waals surface area contributed by atoms with Crippen molar-refractivity contribution in [3.05, 3.63) is 48.9 Å². The van der Waals surface area contributed by atoms with Crippen LogP contribution < -0.4 is 10.2 Å². The number of fused-ring (bicyclic) bond motifs is 2. The van der Waals surface area contributed by atoms with Crippen molar-refractivity contribution in [3.63, 3.8) is 0 Å². The van der Waals surface area contributed by atoms with E-state index in [1.54, 1.807) is 30.7 Å². The predicted molar refractivity (Wildman–Crippen MR) is 103 cm³/mol. The van der Waals surface area contributed by atoms with Gasteiger partial charge in [0, 0.05) is 25.5 Å². The van der Waals surface area contributed by atoms with E-state index >= 15 is 0 Å². The highest BCUT2D eigenvalue weighted by atomic mass is 19.1. The van der Waals surface area contributed by atoms with Crippen molar-refractivity contribution in [1.82, 2.24) is 19.9 Å². The van der Waals surface area contributed by atoms with Crippen LogP contribution in [0.25, 0.3) is 10.9 Å². The highest BCUT2D eigenvalue weighted by Gasteiger charge is 2.42. The molecule has 0 bridgehead atoms. The summed E-state index contributed by atoms with van der Waals surface area (Å²) < 4.78 is 14.5. The maximum Gasteiger partial charge on any atom is 0.144 e. The Hall–Kier alpha value is -2.87. The number of halogens is 1. The Kier molecular flexibility index (Phi) is 4.27. The van der Waals surface area contributed by atoms with Gasteiger partial charge in [-0.1, -0.05) is 6.07 Å². The van der Waals surface area contributed by atoms with E-state index in [2.05, 4.69) is 30.2 Å². The third kappa shape index (κ3) is 3.03. The third-order valence-corrected chi connectivity index (χ3v) is 5.93. The van der Waals surface area contributed by atoms with Gasteiger partial charge in [-0.2, -0.15) is 0 Å². The van der Waals surface area contributed by atoms with E-state index in [1.165, 1.54) is 12.4 Å².